The summed E-state index contributed by atoms with van der Waals surface area (Å²) < 4.78 is 37.7. The van der Waals surface area contributed by atoms with Crippen molar-refractivity contribution >= 4 is 0 Å². The lowest BCUT2D eigenvalue weighted by Crippen LogP contribution is -2.45. The standard InChI is InChI=1S/C20H32O6/c1-2-21-16-15(14-13-22-19(24-14)9-5-3-6-10-19)23-18-17(16)25-20(26-18)11-7-4-8-12-20/h14-18H,2-13H2,1H3/t14-,15-,16-,17+,18-/m0/s1. The van der Waals surface area contributed by atoms with Crippen LogP contribution >= 0.6 is 0 Å². The molecule has 0 radical (unpaired) electrons. The van der Waals surface area contributed by atoms with Gasteiger partial charge in [-0.15, -0.1) is 0 Å². The summed E-state index contributed by atoms with van der Waals surface area (Å²) in [7, 11) is 0. The van der Waals surface area contributed by atoms with Crippen molar-refractivity contribution in [2.24, 2.45) is 0 Å². The maximum absolute atomic E-state index is 6.44. The molecule has 0 aromatic heterocycles. The molecule has 5 aliphatic rings. The van der Waals surface area contributed by atoms with Gasteiger partial charge in [0.25, 0.3) is 0 Å². The highest BCUT2D eigenvalue weighted by Gasteiger charge is 2.61. The fourth-order valence-corrected chi connectivity index (χ4v) is 5.46. The van der Waals surface area contributed by atoms with Gasteiger partial charge in [-0.05, 0) is 32.6 Å². The molecule has 5 fully saturated rings. The minimum atomic E-state index is -0.453. The van der Waals surface area contributed by atoms with Crippen molar-refractivity contribution < 1.29 is 28.4 Å². The smallest absolute Gasteiger partial charge is 0.190 e. The Kier molecular flexibility index (Phi) is 4.78. The number of hydrogen-bond donors (Lipinski definition) is 0. The van der Waals surface area contributed by atoms with Crippen LogP contribution in [0.3, 0.4) is 0 Å². The Morgan fingerprint density at radius 3 is 2.19 bits per heavy atom. The minimum Gasteiger partial charge on any atom is -0.373 e. The summed E-state index contributed by atoms with van der Waals surface area (Å²) in [6.07, 6.45) is 10.1. The van der Waals surface area contributed by atoms with Crippen LogP contribution in [0.25, 0.3) is 0 Å². The molecule has 0 aromatic rings. The third-order valence-corrected chi connectivity index (χ3v) is 6.72. The molecule has 3 saturated heterocycles. The molecule has 5 atom stereocenters. The molecule has 6 heteroatoms. The monoisotopic (exact) mass is 368 g/mol. The van der Waals surface area contributed by atoms with Crippen LogP contribution < -0.4 is 0 Å². The highest BCUT2D eigenvalue weighted by Crippen LogP contribution is 2.48. The number of ether oxygens (including phenoxy) is 6. The van der Waals surface area contributed by atoms with Gasteiger partial charge in [-0.3, -0.25) is 0 Å². The number of hydrogen-bond acceptors (Lipinski definition) is 6. The Hall–Kier alpha value is -0.240. The van der Waals surface area contributed by atoms with Crippen molar-refractivity contribution in [2.45, 2.75) is 113 Å². The van der Waals surface area contributed by atoms with Crippen molar-refractivity contribution in [3.05, 3.63) is 0 Å². The van der Waals surface area contributed by atoms with E-state index in [1.807, 2.05) is 6.92 Å². The van der Waals surface area contributed by atoms with Gasteiger partial charge in [0.2, 0.25) is 0 Å². The molecule has 26 heavy (non-hydrogen) atoms. The third kappa shape index (κ3) is 3.03. The van der Waals surface area contributed by atoms with E-state index < -0.39 is 11.6 Å². The molecular weight excluding hydrogens is 336 g/mol. The average Bonchev–Trinajstić information content (AvgIpc) is 3.30. The molecule has 2 saturated carbocycles. The Bertz CT molecular complexity index is 499. The van der Waals surface area contributed by atoms with Crippen LogP contribution in [0.4, 0.5) is 0 Å². The van der Waals surface area contributed by atoms with Crippen LogP contribution in [-0.2, 0) is 28.4 Å². The summed E-state index contributed by atoms with van der Waals surface area (Å²) in [6.45, 7) is 3.22. The average molecular weight is 368 g/mol. The SMILES string of the molecule is CCO[C@H]1[C@H]([C@@H]2COC3(CCCCC3)O2)O[C@H]2OC3(CCCCC3)O[C@@H]21. The van der Waals surface area contributed by atoms with Gasteiger partial charge in [-0.2, -0.15) is 0 Å². The maximum Gasteiger partial charge on any atom is 0.190 e. The van der Waals surface area contributed by atoms with Gasteiger partial charge < -0.3 is 28.4 Å². The lowest BCUT2D eigenvalue weighted by Gasteiger charge is -2.35. The molecule has 5 rings (SSSR count). The van der Waals surface area contributed by atoms with E-state index in [9.17, 15) is 0 Å². The van der Waals surface area contributed by atoms with E-state index in [-0.39, 0.29) is 30.7 Å². The molecule has 2 spiro atoms. The molecule has 0 bridgehead atoms. The number of rotatable bonds is 3. The first-order valence-corrected chi connectivity index (χ1v) is 10.7. The minimum absolute atomic E-state index is 0.107. The highest BCUT2D eigenvalue weighted by atomic mass is 16.9. The van der Waals surface area contributed by atoms with E-state index in [0.29, 0.717) is 13.2 Å². The van der Waals surface area contributed by atoms with E-state index >= 15 is 0 Å². The van der Waals surface area contributed by atoms with E-state index in [1.54, 1.807) is 0 Å². The normalized spacial score (nSPS) is 44.0. The van der Waals surface area contributed by atoms with Gasteiger partial charge in [0, 0.05) is 32.3 Å². The molecule has 2 aliphatic carbocycles. The van der Waals surface area contributed by atoms with Crippen LogP contribution in [0.1, 0.15) is 71.1 Å². The Morgan fingerprint density at radius 2 is 1.50 bits per heavy atom. The molecule has 3 aliphatic heterocycles. The summed E-state index contributed by atoms with van der Waals surface area (Å²) in [5.41, 5.74) is 0. The zero-order valence-electron chi connectivity index (χ0n) is 15.8. The molecule has 0 amide bonds. The third-order valence-electron chi connectivity index (χ3n) is 6.72. The van der Waals surface area contributed by atoms with Gasteiger partial charge in [0.1, 0.15) is 24.4 Å². The van der Waals surface area contributed by atoms with Crippen LogP contribution in [0.15, 0.2) is 0 Å². The van der Waals surface area contributed by atoms with E-state index in [0.717, 1.165) is 38.5 Å². The first-order chi connectivity index (χ1) is 12.7. The topological polar surface area (TPSA) is 55.4 Å². The fourth-order valence-electron chi connectivity index (χ4n) is 5.46. The Balaban J connectivity index is 1.29. The van der Waals surface area contributed by atoms with Gasteiger partial charge in [0.05, 0.1) is 6.61 Å². The second kappa shape index (κ2) is 6.98. The zero-order valence-corrected chi connectivity index (χ0v) is 15.8. The Morgan fingerprint density at radius 1 is 0.808 bits per heavy atom. The van der Waals surface area contributed by atoms with Gasteiger partial charge in [0.15, 0.2) is 17.9 Å². The van der Waals surface area contributed by atoms with Crippen molar-refractivity contribution in [3.8, 4) is 0 Å². The van der Waals surface area contributed by atoms with Crippen molar-refractivity contribution in [1.29, 1.82) is 0 Å². The predicted molar refractivity (Wildman–Crippen MR) is 92.5 cm³/mol. The van der Waals surface area contributed by atoms with Crippen molar-refractivity contribution in [2.75, 3.05) is 13.2 Å². The fraction of sp³-hybridized carbons (Fsp3) is 1.00. The zero-order chi connectivity index (χ0) is 17.6. The van der Waals surface area contributed by atoms with Crippen LogP contribution in [-0.4, -0.2) is 55.5 Å². The molecule has 3 heterocycles. The second-order valence-corrected chi connectivity index (χ2v) is 8.50. The van der Waals surface area contributed by atoms with Crippen molar-refractivity contribution in [1.82, 2.24) is 0 Å². The summed E-state index contributed by atoms with van der Waals surface area (Å²) in [5.74, 6) is -0.849. The van der Waals surface area contributed by atoms with Gasteiger partial charge in [-0.25, -0.2) is 0 Å². The van der Waals surface area contributed by atoms with E-state index in [1.165, 1.54) is 25.7 Å². The lowest BCUT2D eigenvalue weighted by molar-refractivity contribution is -0.262. The summed E-state index contributed by atoms with van der Waals surface area (Å²) >= 11 is 0. The van der Waals surface area contributed by atoms with Gasteiger partial charge >= 0.3 is 0 Å². The quantitative estimate of drug-likeness (QED) is 0.762. The molecule has 148 valence electrons. The highest BCUT2D eigenvalue weighted by molar-refractivity contribution is 5.01. The first kappa shape index (κ1) is 17.8. The number of fused-ring (bicyclic) bond motifs is 1. The molecular formula is C20H32O6. The van der Waals surface area contributed by atoms with Crippen LogP contribution in [0.2, 0.25) is 0 Å². The Labute approximate surface area is 155 Å². The van der Waals surface area contributed by atoms with Crippen molar-refractivity contribution in [3.63, 3.8) is 0 Å². The summed E-state index contributed by atoms with van der Waals surface area (Å²) in [4.78, 5) is 0. The van der Waals surface area contributed by atoms with Crippen LogP contribution in [0, 0.1) is 0 Å². The first-order valence-electron chi connectivity index (χ1n) is 10.7. The van der Waals surface area contributed by atoms with E-state index in [2.05, 4.69) is 0 Å². The lowest BCUT2D eigenvalue weighted by atomic mass is 9.94. The predicted octanol–water partition coefficient (Wildman–Crippen LogP) is 3.27. The summed E-state index contributed by atoms with van der Waals surface area (Å²) in [5, 5.41) is 0. The van der Waals surface area contributed by atoms with Crippen LogP contribution in [0.5, 0.6) is 0 Å². The van der Waals surface area contributed by atoms with Gasteiger partial charge in [-0.1, -0.05) is 12.8 Å². The van der Waals surface area contributed by atoms with E-state index in [4.69, 9.17) is 28.4 Å². The molecule has 6 nitrogen and oxygen atoms in total. The maximum atomic E-state index is 6.44. The molecule has 0 unspecified atom stereocenters. The second-order valence-electron chi connectivity index (χ2n) is 8.50. The summed E-state index contributed by atoms with van der Waals surface area (Å²) in [6, 6.07) is 0. The molecule has 0 aromatic carbocycles. The largest absolute Gasteiger partial charge is 0.373 e. The molecule has 0 N–H and O–H groups in total.